The van der Waals surface area contributed by atoms with Gasteiger partial charge in [0, 0.05) is 49.2 Å². The predicted octanol–water partition coefficient (Wildman–Crippen LogP) is 2.06. The lowest BCUT2D eigenvalue weighted by Crippen LogP contribution is -2.49. The van der Waals surface area contributed by atoms with Gasteiger partial charge in [-0.1, -0.05) is 30.3 Å². The highest BCUT2D eigenvalue weighted by molar-refractivity contribution is 7.90. The van der Waals surface area contributed by atoms with Gasteiger partial charge < -0.3 is 20.3 Å². The van der Waals surface area contributed by atoms with E-state index in [-0.39, 0.29) is 50.6 Å². The summed E-state index contributed by atoms with van der Waals surface area (Å²) in [6, 6.07) is 17.2. The molecule has 1 aromatic heterocycles. The normalized spacial score (nSPS) is 21.7. The van der Waals surface area contributed by atoms with Gasteiger partial charge in [0.25, 0.3) is 11.8 Å². The molecule has 3 aliphatic rings. The molecule has 2 N–H and O–H groups in total. The Morgan fingerprint density at radius 2 is 1.77 bits per heavy atom. The first-order chi connectivity index (χ1) is 20.8. The number of benzene rings is 2. The first kappa shape index (κ1) is 28.8. The average Bonchev–Trinajstić information content (AvgIpc) is 3.81. The summed E-state index contributed by atoms with van der Waals surface area (Å²) < 4.78 is 34.0. The van der Waals surface area contributed by atoms with Gasteiger partial charge in [0.2, 0.25) is 15.9 Å². The number of hydrogen-bond acceptors (Lipinski definition) is 7. The summed E-state index contributed by atoms with van der Waals surface area (Å²) in [4.78, 5) is 45.4. The predicted molar refractivity (Wildman–Crippen MR) is 159 cm³/mol. The minimum absolute atomic E-state index is 0.0279. The van der Waals surface area contributed by atoms with Gasteiger partial charge in [0.1, 0.15) is 12.4 Å². The second kappa shape index (κ2) is 12.1. The van der Waals surface area contributed by atoms with E-state index in [0.717, 1.165) is 11.1 Å². The fraction of sp³-hybridized carbons (Fsp3) is 0.355. The molecule has 0 unspecified atom stereocenters. The molecular formula is C31H33N5O6S. The highest BCUT2D eigenvalue weighted by Gasteiger charge is 2.43. The number of amides is 3. The van der Waals surface area contributed by atoms with Gasteiger partial charge in [-0.15, -0.1) is 0 Å². The van der Waals surface area contributed by atoms with Crippen LogP contribution in [0.25, 0.3) is 11.1 Å². The van der Waals surface area contributed by atoms with Crippen molar-refractivity contribution in [2.24, 2.45) is 0 Å². The number of nitrogens with zero attached hydrogens (tertiary/aromatic N) is 3. The van der Waals surface area contributed by atoms with Gasteiger partial charge in [0.15, 0.2) is 0 Å². The van der Waals surface area contributed by atoms with Crippen LogP contribution in [0.1, 0.15) is 40.0 Å². The number of fused-ring (bicyclic) bond motifs is 6. The van der Waals surface area contributed by atoms with Gasteiger partial charge in [-0.2, -0.15) is 4.31 Å². The van der Waals surface area contributed by atoms with Crippen LogP contribution in [-0.2, 0) is 14.8 Å². The van der Waals surface area contributed by atoms with E-state index in [1.165, 1.54) is 10.5 Å². The molecule has 1 aliphatic carbocycles. The number of carbonyl (C=O) groups is 3. The molecule has 2 aliphatic heterocycles. The monoisotopic (exact) mass is 603 g/mol. The summed E-state index contributed by atoms with van der Waals surface area (Å²) in [5.74, 6) is -0.447. The lowest BCUT2D eigenvalue weighted by atomic mass is 10.1. The Morgan fingerprint density at radius 1 is 0.977 bits per heavy atom. The maximum absolute atomic E-state index is 13.8. The summed E-state index contributed by atoms with van der Waals surface area (Å²) in [6.45, 7) is -0.0117. The average molecular weight is 604 g/mol. The van der Waals surface area contributed by atoms with Crippen LogP contribution in [0.4, 0.5) is 0 Å². The molecule has 1 saturated heterocycles. The van der Waals surface area contributed by atoms with Crippen LogP contribution in [0.3, 0.4) is 0 Å². The van der Waals surface area contributed by atoms with Gasteiger partial charge in [-0.05, 0) is 55.2 Å². The molecule has 12 heteroatoms. The maximum Gasteiger partial charge on any atom is 0.252 e. The van der Waals surface area contributed by atoms with E-state index in [4.69, 9.17) is 4.74 Å². The lowest BCUT2D eigenvalue weighted by Gasteiger charge is -2.28. The molecule has 2 fully saturated rings. The Hall–Kier alpha value is -4.29. The summed E-state index contributed by atoms with van der Waals surface area (Å²) in [5.41, 5.74) is 2.38. The van der Waals surface area contributed by atoms with Crippen LogP contribution in [-0.4, -0.2) is 90.4 Å². The van der Waals surface area contributed by atoms with Crippen molar-refractivity contribution in [2.75, 3.05) is 32.8 Å². The Bertz CT molecular complexity index is 1630. The van der Waals surface area contributed by atoms with Crippen LogP contribution in [0.5, 0.6) is 5.75 Å². The van der Waals surface area contributed by atoms with Crippen molar-refractivity contribution in [3.8, 4) is 16.9 Å². The molecule has 2 aromatic carbocycles. The zero-order valence-corrected chi connectivity index (χ0v) is 24.3. The van der Waals surface area contributed by atoms with Gasteiger partial charge in [-0.3, -0.25) is 19.4 Å². The summed E-state index contributed by atoms with van der Waals surface area (Å²) >= 11 is 0. The third-order valence-electron chi connectivity index (χ3n) is 7.98. The van der Waals surface area contributed by atoms with Crippen molar-refractivity contribution in [1.29, 1.82) is 0 Å². The van der Waals surface area contributed by atoms with E-state index >= 15 is 0 Å². The molecule has 0 spiro atoms. The largest absolute Gasteiger partial charge is 0.491 e. The molecule has 4 bridgehead atoms. The van der Waals surface area contributed by atoms with Crippen molar-refractivity contribution in [3.63, 3.8) is 0 Å². The Kier molecular flexibility index (Phi) is 8.13. The van der Waals surface area contributed by atoms with E-state index in [0.29, 0.717) is 36.1 Å². The van der Waals surface area contributed by atoms with Crippen molar-refractivity contribution >= 4 is 27.7 Å². The number of aromatic nitrogens is 1. The number of ether oxygens (including phenoxy) is 1. The number of hydrogen-bond donors (Lipinski definition) is 2. The zero-order valence-electron chi connectivity index (χ0n) is 23.5. The minimum Gasteiger partial charge on any atom is -0.491 e. The molecule has 3 heterocycles. The third-order valence-corrected chi connectivity index (χ3v) is 10.3. The number of sulfonamides is 1. The van der Waals surface area contributed by atoms with Crippen molar-refractivity contribution in [1.82, 2.24) is 24.8 Å². The van der Waals surface area contributed by atoms with E-state index < -0.39 is 27.2 Å². The summed E-state index contributed by atoms with van der Waals surface area (Å²) in [6.07, 6.45) is 4.65. The smallest absolute Gasteiger partial charge is 0.252 e. The van der Waals surface area contributed by atoms with Gasteiger partial charge >= 0.3 is 0 Å². The molecule has 2 atom stereocenters. The Labute approximate surface area is 250 Å². The minimum atomic E-state index is -3.73. The van der Waals surface area contributed by atoms with Crippen molar-refractivity contribution in [3.05, 3.63) is 84.2 Å². The highest BCUT2D eigenvalue weighted by Crippen LogP contribution is 2.31. The van der Waals surface area contributed by atoms with E-state index in [2.05, 4.69) is 15.6 Å². The fourth-order valence-corrected chi connectivity index (χ4v) is 7.32. The van der Waals surface area contributed by atoms with Gasteiger partial charge in [0.05, 0.1) is 23.4 Å². The number of carbonyl (C=O) groups excluding carboxylic acids is 3. The Balaban J connectivity index is 1.29. The van der Waals surface area contributed by atoms with Crippen molar-refractivity contribution < 1.29 is 27.5 Å². The second-order valence-electron chi connectivity index (χ2n) is 11.1. The topological polar surface area (TPSA) is 138 Å². The fourth-order valence-electron chi connectivity index (χ4n) is 5.53. The molecular weight excluding hydrogens is 570 g/mol. The molecule has 11 nitrogen and oxygen atoms in total. The molecule has 3 aromatic rings. The number of pyridine rings is 1. The molecule has 43 heavy (non-hydrogen) atoms. The first-order valence-corrected chi connectivity index (χ1v) is 15.9. The molecule has 6 rings (SSSR count). The standard InChI is InChI=1S/C31H33N5O6S/c37-29-19-35(43(40,41)28-9-10-28)12-11-33-30(38)24-13-23(16-32-17-24)22-7-4-8-27(14-22)42-20-26-15-25(18-36(26)29)34-31(39)21-5-2-1-3-6-21/h1-8,13-14,16-17,25-26,28H,9-12,15,18-20H2,(H,33,38)(H,34,39)/t25-,26+/m1/s1. The molecule has 3 amide bonds. The van der Waals surface area contributed by atoms with Crippen LogP contribution in [0.15, 0.2) is 73.1 Å². The van der Waals surface area contributed by atoms with Crippen LogP contribution in [0, 0.1) is 0 Å². The summed E-state index contributed by atoms with van der Waals surface area (Å²) in [7, 11) is -3.73. The zero-order chi connectivity index (χ0) is 30.0. The van der Waals surface area contributed by atoms with Crippen LogP contribution >= 0.6 is 0 Å². The third kappa shape index (κ3) is 6.55. The molecule has 0 radical (unpaired) electrons. The van der Waals surface area contributed by atoms with E-state index in [9.17, 15) is 22.8 Å². The summed E-state index contributed by atoms with van der Waals surface area (Å²) in [5, 5.41) is 5.28. The second-order valence-corrected chi connectivity index (χ2v) is 13.3. The quantitative estimate of drug-likeness (QED) is 0.466. The SMILES string of the molecule is O=C1NCCN(S(=O)(=O)C2CC2)CC(=O)N2C[C@H](NC(=O)c3ccccc3)C[C@H]2COc2cccc(c2)-c2cncc1c2. The number of rotatable bonds is 4. The number of nitrogens with one attached hydrogen (secondary N) is 2. The van der Waals surface area contributed by atoms with E-state index in [1.54, 1.807) is 47.5 Å². The first-order valence-electron chi connectivity index (χ1n) is 14.4. The van der Waals surface area contributed by atoms with Gasteiger partial charge in [-0.25, -0.2) is 8.42 Å². The molecule has 224 valence electrons. The Morgan fingerprint density at radius 3 is 2.56 bits per heavy atom. The van der Waals surface area contributed by atoms with Crippen LogP contribution < -0.4 is 15.4 Å². The highest BCUT2D eigenvalue weighted by atomic mass is 32.2. The molecule has 1 saturated carbocycles. The maximum atomic E-state index is 13.8. The van der Waals surface area contributed by atoms with Crippen LogP contribution in [0.2, 0.25) is 0 Å². The van der Waals surface area contributed by atoms with E-state index in [1.807, 2.05) is 24.3 Å². The lowest BCUT2D eigenvalue weighted by molar-refractivity contribution is -0.132. The van der Waals surface area contributed by atoms with Crippen molar-refractivity contribution in [2.45, 2.75) is 36.6 Å².